The zero-order chi connectivity index (χ0) is 16.2. The Bertz CT molecular complexity index is 677. The number of rotatable bonds is 4. The SMILES string of the molecule is Cc1csc(=O)n1CCOC(=O)C12C[C@H]3C[C@@H](CC(O)(C3)C1)C2. The summed E-state index contributed by atoms with van der Waals surface area (Å²) in [6.07, 6.45) is 5.14. The Balaban J connectivity index is 1.42. The van der Waals surface area contributed by atoms with E-state index in [2.05, 4.69) is 0 Å². The van der Waals surface area contributed by atoms with Gasteiger partial charge in [-0.25, -0.2) is 0 Å². The summed E-state index contributed by atoms with van der Waals surface area (Å²) in [5.41, 5.74) is -0.225. The fraction of sp³-hybridized carbons (Fsp3) is 0.765. The molecule has 1 aromatic rings. The molecule has 1 heterocycles. The lowest BCUT2D eigenvalue weighted by Gasteiger charge is -2.58. The van der Waals surface area contributed by atoms with Gasteiger partial charge in [0.15, 0.2) is 0 Å². The minimum atomic E-state index is -0.649. The van der Waals surface area contributed by atoms with Gasteiger partial charge in [0.1, 0.15) is 6.61 Å². The number of thiazole rings is 1. The monoisotopic (exact) mass is 337 g/mol. The lowest BCUT2D eigenvalue weighted by Crippen LogP contribution is -2.58. The van der Waals surface area contributed by atoms with Crippen molar-refractivity contribution in [3.05, 3.63) is 20.7 Å². The van der Waals surface area contributed by atoms with E-state index in [4.69, 9.17) is 4.74 Å². The van der Waals surface area contributed by atoms with E-state index >= 15 is 0 Å². The first kappa shape index (κ1) is 15.4. The van der Waals surface area contributed by atoms with Crippen molar-refractivity contribution in [2.75, 3.05) is 6.61 Å². The first-order valence-electron chi connectivity index (χ1n) is 8.44. The highest BCUT2D eigenvalue weighted by atomic mass is 32.1. The van der Waals surface area contributed by atoms with Crippen LogP contribution in [-0.2, 0) is 16.1 Å². The Morgan fingerprint density at radius 1 is 1.39 bits per heavy atom. The van der Waals surface area contributed by atoms with E-state index in [1.165, 1.54) is 11.3 Å². The molecule has 1 N–H and O–H groups in total. The third-order valence-corrected chi connectivity index (χ3v) is 6.87. The summed E-state index contributed by atoms with van der Waals surface area (Å²) in [5, 5.41) is 12.5. The average Bonchev–Trinajstić information content (AvgIpc) is 2.76. The number of aromatic nitrogens is 1. The maximum atomic E-state index is 12.7. The van der Waals surface area contributed by atoms with Gasteiger partial charge in [-0.1, -0.05) is 11.3 Å². The van der Waals surface area contributed by atoms with Crippen LogP contribution in [0.2, 0.25) is 0 Å². The topological polar surface area (TPSA) is 68.5 Å². The summed E-state index contributed by atoms with van der Waals surface area (Å²) in [5.74, 6) is 0.775. The summed E-state index contributed by atoms with van der Waals surface area (Å²) >= 11 is 1.17. The summed E-state index contributed by atoms with van der Waals surface area (Å²) in [7, 11) is 0. The Labute approximate surface area is 139 Å². The van der Waals surface area contributed by atoms with Gasteiger partial charge in [0.25, 0.3) is 0 Å². The van der Waals surface area contributed by atoms with E-state index in [-0.39, 0.29) is 17.4 Å². The molecule has 0 aromatic carbocycles. The van der Waals surface area contributed by atoms with Crippen LogP contribution in [-0.4, -0.2) is 27.9 Å². The molecule has 1 aromatic heterocycles. The van der Waals surface area contributed by atoms with Gasteiger partial charge in [-0.2, -0.15) is 0 Å². The second-order valence-corrected chi connectivity index (χ2v) is 8.72. The van der Waals surface area contributed by atoms with Gasteiger partial charge in [0.05, 0.1) is 17.6 Å². The molecule has 0 amide bonds. The minimum absolute atomic E-state index is 0.0114. The van der Waals surface area contributed by atoms with Gasteiger partial charge in [0.2, 0.25) is 0 Å². The Morgan fingerprint density at radius 3 is 2.65 bits per heavy atom. The summed E-state index contributed by atoms with van der Waals surface area (Å²) < 4.78 is 7.19. The molecule has 5 rings (SSSR count). The number of carbonyl (C=O) groups excluding carboxylic acids is 1. The van der Waals surface area contributed by atoms with Crippen LogP contribution in [0.25, 0.3) is 0 Å². The number of esters is 1. The summed E-state index contributed by atoms with van der Waals surface area (Å²) in [4.78, 5) is 24.4. The normalized spacial score (nSPS) is 38.0. The standard InChI is InChI=1S/C17H23NO4S/c1-11-9-23-15(20)18(11)2-3-22-14(19)16-5-12-4-13(6-16)8-17(21,7-12)10-16/h9,12-13,21H,2-8,10H2,1H3/t12-,13-,16?,17?/m1/s1. The predicted molar refractivity (Wildman–Crippen MR) is 86.3 cm³/mol. The maximum absolute atomic E-state index is 12.7. The molecule has 2 atom stereocenters. The van der Waals surface area contributed by atoms with E-state index in [0.29, 0.717) is 24.8 Å². The molecule has 0 radical (unpaired) electrons. The smallest absolute Gasteiger partial charge is 0.312 e. The predicted octanol–water partition coefficient (Wildman–Crippen LogP) is 2.09. The van der Waals surface area contributed by atoms with Gasteiger partial charge in [-0.3, -0.25) is 14.2 Å². The molecule has 4 saturated carbocycles. The van der Waals surface area contributed by atoms with Crippen molar-refractivity contribution in [2.45, 2.75) is 57.6 Å². The van der Waals surface area contributed by atoms with Crippen LogP contribution in [0.5, 0.6) is 0 Å². The van der Waals surface area contributed by atoms with Crippen molar-refractivity contribution in [1.82, 2.24) is 4.57 Å². The zero-order valence-corrected chi connectivity index (χ0v) is 14.2. The van der Waals surface area contributed by atoms with Gasteiger partial charge in [0, 0.05) is 11.1 Å². The number of ether oxygens (including phenoxy) is 1. The number of carbonyl (C=O) groups is 1. The van der Waals surface area contributed by atoms with Crippen molar-refractivity contribution in [3.63, 3.8) is 0 Å². The van der Waals surface area contributed by atoms with Crippen molar-refractivity contribution in [1.29, 1.82) is 0 Å². The van der Waals surface area contributed by atoms with Crippen LogP contribution in [0.15, 0.2) is 10.2 Å². The molecule has 4 aliphatic carbocycles. The number of aliphatic hydroxyl groups is 1. The lowest BCUT2D eigenvalue weighted by atomic mass is 9.48. The molecule has 6 heteroatoms. The van der Waals surface area contributed by atoms with Crippen LogP contribution in [0.4, 0.5) is 0 Å². The third-order valence-electron chi connectivity index (χ3n) is 5.99. The van der Waals surface area contributed by atoms with Crippen LogP contribution in [0, 0.1) is 24.2 Å². The second kappa shape index (κ2) is 5.18. The number of aryl methyl sites for hydroxylation is 1. The van der Waals surface area contributed by atoms with Gasteiger partial charge >= 0.3 is 10.8 Å². The van der Waals surface area contributed by atoms with Gasteiger partial charge in [-0.15, -0.1) is 0 Å². The zero-order valence-electron chi connectivity index (χ0n) is 13.4. The molecule has 0 saturated heterocycles. The molecule has 0 spiro atoms. The van der Waals surface area contributed by atoms with E-state index in [9.17, 15) is 14.7 Å². The average molecular weight is 337 g/mol. The largest absolute Gasteiger partial charge is 0.463 e. The van der Waals surface area contributed by atoms with Gasteiger partial charge < -0.3 is 9.84 Å². The maximum Gasteiger partial charge on any atom is 0.312 e. The van der Waals surface area contributed by atoms with Crippen molar-refractivity contribution in [3.8, 4) is 0 Å². The third kappa shape index (κ3) is 2.56. The molecule has 4 aliphatic rings. The van der Waals surface area contributed by atoms with E-state index in [0.717, 1.165) is 37.8 Å². The highest BCUT2D eigenvalue weighted by molar-refractivity contribution is 7.07. The minimum Gasteiger partial charge on any atom is -0.463 e. The first-order valence-corrected chi connectivity index (χ1v) is 9.32. The van der Waals surface area contributed by atoms with Crippen molar-refractivity contribution < 1.29 is 14.6 Å². The molecule has 4 fully saturated rings. The molecule has 0 aliphatic heterocycles. The summed E-state index contributed by atoms with van der Waals surface area (Å²) in [6.45, 7) is 2.52. The van der Waals surface area contributed by atoms with E-state index in [1.807, 2.05) is 12.3 Å². The fourth-order valence-corrected chi connectivity index (χ4v) is 6.27. The Hall–Kier alpha value is -1.14. The molecule has 126 valence electrons. The Morgan fingerprint density at radius 2 is 2.09 bits per heavy atom. The van der Waals surface area contributed by atoms with Crippen LogP contribution < -0.4 is 4.87 Å². The molecule has 23 heavy (non-hydrogen) atoms. The van der Waals surface area contributed by atoms with Crippen molar-refractivity contribution in [2.24, 2.45) is 17.3 Å². The quantitative estimate of drug-likeness (QED) is 0.854. The fourth-order valence-electron chi connectivity index (χ4n) is 5.51. The molecule has 5 nitrogen and oxygen atoms in total. The van der Waals surface area contributed by atoms with E-state index in [1.54, 1.807) is 4.57 Å². The summed E-state index contributed by atoms with van der Waals surface area (Å²) in [6, 6.07) is 0. The number of hydrogen-bond donors (Lipinski definition) is 1. The van der Waals surface area contributed by atoms with Gasteiger partial charge in [-0.05, 0) is 57.3 Å². The van der Waals surface area contributed by atoms with Crippen LogP contribution >= 0.6 is 11.3 Å². The molecule has 0 unspecified atom stereocenters. The molecule has 4 bridgehead atoms. The second-order valence-electron chi connectivity index (χ2n) is 7.90. The highest BCUT2D eigenvalue weighted by Gasteiger charge is 2.60. The molecular weight excluding hydrogens is 314 g/mol. The number of nitrogens with zero attached hydrogens (tertiary/aromatic N) is 1. The molecular formula is C17H23NO4S. The number of hydrogen-bond acceptors (Lipinski definition) is 5. The highest BCUT2D eigenvalue weighted by Crippen LogP contribution is 2.61. The van der Waals surface area contributed by atoms with Crippen molar-refractivity contribution >= 4 is 17.3 Å². The van der Waals surface area contributed by atoms with Crippen LogP contribution in [0.1, 0.15) is 44.2 Å². The first-order chi connectivity index (χ1) is 10.9. The lowest BCUT2D eigenvalue weighted by molar-refractivity contribution is -0.196. The van der Waals surface area contributed by atoms with Crippen LogP contribution in [0.3, 0.4) is 0 Å². The van der Waals surface area contributed by atoms with E-state index < -0.39 is 11.0 Å². The Kier molecular flexibility index (Phi) is 3.47.